The molecule has 0 aliphatic heterocycles. The average Bonchev–Trinajstić information content (AvgIpc) is 2.01. The lowest BCUT2D eigenvalue weighted by Crippen LogP contribution is -2.51. The zero-order chi connectivity index (χ0) is 10.5. The van der Waals surface area contributed by atoms with E-state index in [0.717, 1.165) is 25.9 Å². The first-order chi connectivity index (χ1) is 5.93. The van der Waals surface area contributed by atoms with Crippen LogP contribution in [0.15, 0.2) is 0 Å². The number of carbonyl (C=O) groups excluding carboxylic acids is 1. The molecule has 78 valence electrons. The molecular weight excluding hydrogens is 164 g/mol. The van der Waals surface area contributed by atoms with Crippen LogP contribution in [0.5, 0.6) is 0 Å². The largest absolute Gasteiger partial charge is 0.341 e. The van der Waals surface area contributed by atoms with Crippen LogP contribution >= 0.6 is 0 Å². The van der Waals surface area contributed by atoms with Gasteiger partial charge < -0.3 is 10.6 Å². The van der Waals surface area contributed by atoms with E-state index in [9.17, 15) is 4.79 Å². The molecule has 3 nitrogen and oxygen atoms in total. The van der Waals surface area contributed by atoms with Gasteiger partial charge in [0.15, 0.2) is 0 Å². The fraction of sp³-hybridized carbons (Fsp3) is 0.900. The Morgan fingerprint density at radius 1 is 1.23 bits per heavy atom. The van der Waals surface area contributed by atoms with Crippen molar-refractivity contribution in [2.75, 3.05) is 13.1 Å². The third-order valence-electron chi connectivity index (χ3n) is 1.83. The maximum atomic E-state index is 11.7. The molecule has 13 heavy (non-hydrogen) atoms. The Morgan fingerprint density at radius 2 is 1.62 bits per heavy atom. The number of nitrogens with two attached hydrogens (primary N) is 1. The van der Waals surface area contributed by atoms with E-state index in [1.165, 1.54) is 0 Å². The molecule has 3 heteroatoms. The molecule has 0 saturated heterocycles. The molecule has 0 heterocycles. The van der Waals surface area contributed by atoms with Gasteiger partial charge in [-0.25, -0.2) is 0 Å². The number of nitrogens with zero attached hydrogens (tertiary/aromatic N) is 1. The lowest BCUT2D eigenvalue weighted by Gasteiger charge is -2.28. The highest BCUT2D eigenvalue weighted by Gasteiger charge is 2.26. The van der Waals surface area contributed by atoms with Crippen LogP contribution in [0.1, 0.15) is 40.5 Å². The van der Waals surface area contributed by atoms with Gasteiger partial charge in [-0.2, -0.15) is 0 Å². The molecule has 0 saturated carbocycles. The second-order valence-electron chi connectivity index (χ2n) is 4.01. The molecule has 0 bridgehead atoms. The van der Waals surface area contributed by atoms with Crippen molar-refractivity contribution in [2.24, 2.45) is 5.73 Å². The summed E-state index contributed by atoms with van der Waals surface area (Å²) in [5.41, 5.74) is 5.02. The van der Waals surface area contributed by atoms with E-state index in [4.69, 9.17) is 5.73 Å². The first-order valence-electron chi connectivity index (χ1n) is 5.01. The van der Waals surface area contributed by atoms with E-state index in [2.05, 4.69) is 13.8 Å². The van der Waals surface area contributed by atoms with Crippen LogP contribution in [-0.2, 0) is 4.79 Å². The van der Waals surface area contributed by atoms with E-state index >= 15 is 0 Å². The van der Waals surface area contributed by atoms with Gasteiger partial charge in [-0.1, -0.05) is 13.8 Å². The number of hydrogen-bond donors (Lipinski definition) is 1. The van der Waals surface area contributed by atoms with Crippen LogP contribution in [-0.4, -0.2) is 29.4 Å². The van der Waals surface area contributed by atoms with Gasteiger partial charge in [-0.3, -0.25) is 4.79 Å². The van der Waals surface area contributed by atoms with Crippen LogP contribution in [0.3, 0.4) is 0 Å². The molecule has 0 fully saturated rings. The monoisotopic (exact) mass is 186 g/mol. The van der Waals surface area contributed by atoms with Crippen LogP contribution < -0.4 is 5.73 Å². The predicted molar refractivity (Wildman–Crippen MR) is 55.4 cm³/mol. The van der Waals surface area contributed by atoms with Gasteiger partial charge in [-0.15, -0.1) is 0 Å². The Morgan fingerprint density at radius 3 is 1.85 bits per heavy atom. The molecule has 0 aliphatic carbocycles. The maximum absolute atomic E-state index is 11.7. The molecule has 0 aliphatic rings. The summed E-state index contributed by atoms with van der Waals surface area (Å²) in [4.78, 5) is 13.6. The van der Waals surface area contributed by atoms with E-state index in [0.29, 0.717) is 0 Å². The fourth-order valence-electron chi connectivity index (χ4n) is 1.26. The highest BCUT2D eigenvalue weighted by molar-refractivity contribution is 5.85. The molecule has 0 aromatic rings. The van der Waals surface area contributed by atoms with Crippen molar-refractivity contribution in [3.05, 3.63) is 0 Å². The number of carbonyl (C=O) groups is 1. The van der Waals surface area contributed by atoms with Gasteiger partial charge in [0.2, 0.25) is 5.91 Å². The Kier molecular flexibility index (Phi) is 4.99. The van der Waals surface area contributed by atoms with Crippen LogP contribution in [0, 0.1) is 0 Å². The molecular formula is C10H22N2O. The molecule has 0 atom stereocenters. The molecule has 0 unspecified atom stereocenters. The zero-order valence-corrected chi connectivity index (χ0v) is 9.26. The average molecular weight is 186 g/mol. The van der Waals surface area contributed by atoms with E-state index in [1.807, 2.05) is 4.90 Å². The Hall–Kier alpha value is -0.570. The minimum absolute atomic E-state index is 0.0520. The number of hydrogen-bond acceptors (Lipinski definition) is 2. The normalized spacial score (nSPS) is 11.5. The van der Waals surface area contributed by atoms with E-state index < -0.39 is 5.54 Å². The third-order valence-corrected chi connectivity index (χ3v) is 1.83. The Bertz CT molecular complexity index is 155. The molecule has 0 aromatic carbocycles. The lowest BCUT2D eigenvalue weighted by atomic mass is 10.1. The topological polar surface area (TPSA) is 46.3 Å². The third kappa shape index (κ3) is 4.27. The summed E-state index contributed by atoms with van der Waals surface area (Å²) in [6.07, 6.45) is 1.98. The van der Waals surface area contributed by atoms with Gasteiger partial charge in [0, 0.05) is 13.1 Å². The molecule has 0 aromatic heterocycles. The SMILES string of the molecule is CCCN(CCC)C(=O)C(C)(C)N. The maximum Gasteiger partial charge on any atom is 0.242 e. The van der Waals surface area contributed by atoms with Crippen molar-refractivity contribution < 1.29 is 4.79 Å². The predicted octanol–water partition coefficient (Wildman–Crippen LogP) is 1.37. The summed E-state index contributed by atoms with van der Waals surface area (Å²) < 4.78 is 0. The number of amides is 1. The Labute approximate surface area is 81.3 Å². The zero-order valence-electron chi connectivity index (χ0n) is 9.26. The molecule has 2 N–H and O–H groups in total. The van der Waals surface area contributed by atoms with Gasteiger partial charge in [0.05, 0.1) is 5.54 Å². The minimum Gasteiger partial charge on any atom is -0.341 e. The summed E-state index contributed by atoms with van der Waals surface area (Å²) in [7, 11) is 0. The van der Waals surface area contributed by atoms with Crippen molar-refractivity contribution in [3.63, 3.8) is 0 Å². The summed E-state index contributed by atoms with van der Waals surface area (Å²) in [5.74, 6) is 0.0520. The quantitative estimate of drug-likeness (QED) is 0.705. The first-order valence-corrected chi connectivity index (χ1v) is 5.01. The second-order valence-corrected chi connectivity index (χ2v) is 4.01. The summed E-state index contributed by atoms with van der Waals surface area (Å²) >= 11 is 0. The van der Waals surface area contributed by atoms with Crippen molar-refractivity contribution in [2.45, 2.75) is 46.1 Å². The first kappa shape index (κ1) is 12.4. The summed E-state index contributed by atoms with van der Waals surface area (Å²) in [5, 5.41) is 0. The molecule has 0 spiro atoms. The lowest BCUT2D eigenvalue weighted by molar-refractivity contribution is -0.135. The van der Waals surface area contributed by atoms with Crippen molar-refractivity contribution in [3.8, 4) is 0 Å². The van der Waals surface area contributed by atoms with Crippen molar-refractivity contribution in [1.82, 2.24) is 4.90 Å². The summed E-state index contributed by atoms with van der Waals surface area (Å²) in [6, 6.07) is 0. The van der Waals surface area contributed by atoms with E-state index in [1.54, 1.807) is 13.8 Å². The minimum atomic E-state index is -0.732. The van der Waals surface area contributed by atoms with Crippen LogP contribution in [0.2, 0.25) is 0 Å². The second kappa shape index (κ2) is 5.22. The van der Waals surface area contributed by atoms with Gasteiger partial charge in [0.25, 0.3) is 0 Å². The highest BCUT2D eigenvalue weighted by atomic mass is 16.2. The molecule has 0 radical (unpaired) electrons. The molecule has 1 amide bonds. The van der Waals surface area contributed by atoms with Crippen LogP contribution in [0.4, 0.5) is 0 Å². The molecule has 0 rings (SSSR count). The number of rotatable bonds is 5. The van der Waals surface area contributed by atoms with Crippen molar-refractivity contribution >= 4 is 5.91 Å². The van der Waals surface area contributed by atoms with Gasteiger partial charge in [0.1, 0.15) is 0 Å². The van der Waals surface area contributed by atoms with Crippen LogP contribution in [0.25, 0.3) is 0 Å². The fourth-order valence-corrected chi connectivity index (χ4v) is 1.26. The van der Waals surface area contributed by atoms with E-state index in [-0.39, 0.29) is 5.91 Å². The standard InChI is InChI=1S/C10H22N2O/c1-5-7-12(8-6-2)9(13)10(3,4)11/h5-8,11H2,1-4H3. The van der Waals surface area contributed by atoms with Gasteiger partial charge in [-0.05, 0) is 26.7 Å². The summed E-state index contributed by atoms with van der Waals surface area (Å²) in [6.45, 7) is 9.28. The highest BCUT2D eigenvalue weighted by Crippen LogP contribution is 2.05. The van der Waals surface area contributed by atoms with Gasteiger partial charge >= 0.3 is 0 Å². The smallest absolute Gasteiger partial charge is 0.242 e. The Balaban J connectivity index is 4.27. The van der Waals surface area contributed by atoms with Crippen molar-refractivity contribution in [1.29, 1.82) is 0 Å².